The Morgan fingerprint density at radius 3 is 2.39 bits per heavy atom. The lowest BCUT2D eigenvalue weighted by atomic mass is 10.0. The molecule has 1 fully saturated rings. The highest BCUT2D eigenvalue weighted by molar-refractivity contribution is 7.10. The van der Waals surface area contributed by atoms with Gasteiger partial charge in [0, 0.05) is 31.1 Å². The average Bonchev–Trinajstić information content (AvgIpc) is 3.24. The molecule has 1 aromatic heterocycles. The van der Waals surface area contributed by atoms with E-state index < -0.39 is 0 Å². The van der Waals surface area contributed by atoms with Gasteiger partial charge >= 0.3 is 6.09 Å². The van der Waals surface area contributed by atoms with Crippen molar-refractivity contribution in [1.82, 2.24) is 15.1 Å². The molecule has 0 aliphatic carbocycles. The number of thiophene rings is 1. The summed E-state index contributed by atoms with van der Waals surface area (Å²) >= 11 is 1.68. The molecule has 2 heterocycles. The smallest absolute Gasteiger partial charge is 0.409 e. The Morgan fingerprint density at radius 2 is 1.79 bits per heavy atom. The van der Waals surface area contributed by atoms with Crippen LogP contribution >= 0.6 is 11.3 Å². The van der Waals surface area contributed by atoms with E-state index in [1.54, 1.807) is 23.2 Å². The van der Waals surface area contributed by atoms with Crippen LogP contribution < -0.4 is 5.32 Å². The van der Waals surface area contributed by atoms with Crippen molar-refractivity contribution in [2.45, 2.75) is 19.9 Å². The molecule has 2 amide bonds. The first kappa shape index (κ1) is 20.4. The van der Waals surface area contributed by atoms with Gasteiger partial charge in [-0.1, -0.05) is 35.9 Å². The topological polar surface area (TPSA) is 61.9 Å². The van der Waals surface area contributed by atoms with E-state index >= 15 is 0 Å². The van der Waals surface area contributed by atoms with Gasteiger partial charge < -0.3 is 14.5 Å². The number of carbonyl (C=O) groups excluding carboxylic acids is 2. The quantitative estimate of drug-likeness (QED) is 0.808. The first-order valence-electron chi connectivity index (χ1n) is 9.61. The van der Waals surface area contributed by atoms with E-state index in [9.17, 15) is 9.59 Å². The third kappa shape index (κ3) is 5.11. The van der Waals surface area contributed by atoms with Gasteiger partial charge in [0.2, 0.25) is 5.91 Å². The van der Waals surface area contributed by atoms with E-state index in [2.05, 4.69) is 48.0 Å². The highest BCUT2D eigenvalue weighted by Gasteiger charge is 2.25. The predicted molar refractivity (Wildman–Crippen MR) is 111 cm³/mol. The second-order valence-corrected chi connectivity index (χ2v) is 7.79. The van der Waals surface area contributed by atoms with Gasteiger partial charge in [-0.25, -0.2) is 4.79 Å². The molecule has 1 aliphatic heterocycles. The number of aryl methyl sites for hydroxylation is 1. The summed E-state index contributed by atoms with van der Waals surface area (Å²) in [4.78, 5) is 29.1. The number of ether oxygens (including phenoxy) is 1. The van der Waals surface area contributed by atoms with Crippen LogP contribution in [0.15, 0.2) is 41.8 Å². The van der Waals surface area contributed by atoms with E-state index in [1.165, 1.54) is 10.4 Å². The molecule has 1 atom stereocenters. The molecule has 1 aromatic carbocycles. The first-order valence-corrected chi connectivity index (χ1v) is 10.5. The van der Waals surface area contributed by atoms with Gasteiger partial charge in [-0.05, 0) is 30.9 Å². The lowest BCUT2D eigenvalue weighted by Crippen LogP contribution is -2.52. The second kappa shape index (κ2) is 9.71. The lowest BCUT2D eigenvalue weighted by Gasteiger charge is -2.34. The fourth-order valence-electron chi connectivity index (χ4n) is 3.25. The number of nitrogens with one attached hydrogen (secondary N) is 1. The molecule has 2 aromatic rings. The maximum Gasteiger partial charge on any atom is 0.409 e. The molecular formula is C21H27N3O3S. The molecule has 0 radical (unpaired) electrons. The van der Waals surface area contributed by atoms with Gasteiger partial charge in [0.25, 0.3) is 0 Å². The van der Waals surface area contributed by atoms with Crippen LogP contribution in [0, 0.1) is 6.92 Å². The van der Waals surface area contributed by atoms with Crippen LogP contribution in [0.4, 0.5) is 4.79 Å². The maximum absolute atomic E-state index is 12.7. The minimum atomic E-state index is -0.301. The fourth-order valence-corrected chi connectivity index (χ4v) is 4.08. The van der Waals surface area contributed by atoms with Crippen LogP contribution in [0.2, 0.25) is 0 Å². The van der Waals surface area contributed by atoms with E-state index in [0.29, 0.717) is 32.8 Å². The standard InChI is InChI=1S/C21H27N3O3S/c1-3-27-21(26)24-12-10-23(11-13-24)19(25)15-22-20(18-5-4-14-28-18)17-8-6-16(2)7-9-17/h4-9,14,20,22H,3,10-13,15H2,1-2H3/t20-/m0/s1. The number of hydrogen-bond acceptors (Lipinski definition) is 5. The summed E-state index contributed by atoms with van der Waals surface area (Å²) in [5.74, 6) is 0.0529. The molecule has 1 N–H and O–H groups in total. The normalized spacial score (nSPS) is 15.4. The SMILES string of the molecule is CCOC(=O)N1CCN(C(=O)CN[C@@H](c2ccc(C)cc2)c2cccs2)CC1. The Kier molecular flexibility index (Phi) is 7.06. The summed E-state index contributed by atoms with van der Waals surface area (Å²) in [6.45, 7) is 6.58. The van der Waals surface area contributed by atoms with Crippen LogP contribution in [0.1, 0.15) is 29.0 Å². The van der Waals surface area contributed by atoms with Gasteiger partial charge in [0.1, 0.15) is 0 Å². The van der Waals surface area contributed by atoms with Crippen LogP contribution in [-0.4, -0.2) is 61.1 Å². The highest BCUT2D eigenvalue weighted by Crippen LogP contribution is 2.26. The van der Waals surface area contributed by atoms with Gasteiger partial charge in [0.15, 0.2) is 0 Å². The Hall–Kier alpha value is -2.38. The third-order valence-electron chi connectivity index (χ3n) is 4.85. The average molecular weight is 402 g/mol. The monoisotopic (exact) mass is 401 g/mol. The molecule has 7 heteroatoms. The molecule has 0 spiro atoms. The fraction of sp³-hybridized carbons (Fsp3) is 0.429. The summed E-state index contributed by atoms with van der Waals surface area (Å²) in [5.41, 5.74) is 2.36. The van der Waals surface area contributed by atoms with Crippen molar-refractivity contribution in [2.24, 2.45) is 0 Å². The molecule has 0 saturated carbocycles. The molecular weight excluding hydrogens is 374 g/mol. The van der Waals surface area contributed by atoms with Crippen molar-refractivity contribution in [3.8, 4) is 0 Å². The summed E-state index contributed by atoms with van der Waals surface area (Å²) in [6.07, 6.45) is -0.301. The number of carbonyl (C=O) groups is 2. The Labute approximate surface area is 170 Å². The lowest BCUT2D eigenvalue weighted by molar-refractivity contribution is -0.131. The van der Waals surface area contributed by atoms with Gasteiger partial charge in [-0.2, -0.15) is 0 Å². The van der Waals surface area contributed by atoms with Crippen LogP contribution in [0.25, 0.3) is 0 Å². The maximum atomic E-state index is 12.7. The third-order valence-corrected chi connectivity index (χ3v) is 5.79. The summed E-state index contributed by atoms with van der Waals surface area (Å²) in [6, 6.07) is 12.5. The van der Waals surface area contributed by atoms with Gasteiger partial charge in [-0.15, -0.1) is 11.3 Å². The number of nitrogens with zero attached hydrogens (tertiary/aromatic N) is 2. The van der Waals surface area contributed by atoms with Crippen LogP contribution in [0.5, 0.6) is 0 Å². The van der Waals surface area contributed by atoms with Gasteiger partial charge in [0.05, 0.1) is 19.2 Å². The number of rotatable bonds is 6. The summed E-state index contributed by atoms with van der Waals surface area (Å²) < 4.78 is 5.03. The molecule has 3 rings (SSSR count). The molecule has 6 nitrogen and oxygen atoms in total. The Bertz CT molecular complexity index is 769. The zero-order chi connectivity index (χ0) is 19.9. The van der Waals surface area contributed by atoms with E-state index in [0.717, 1.165) is 5.56 Å². The van der Waals surface area contributed by atoms with E-state index in [1.807, 2.05) is 11.0 Å². The van der Waals surface area contributed by atoms with Gasteiger partial charge in [-0.3, -0.25) is 10.1 Å². The van der Waals surface area contributed by atoms with Crippen molar-refractivity contribution in [3.63, 3.8) is 0 Å². The molecule has 0 unspecified atom stereocenters. The summed E-state index contributed by atoms with van der Waals surface area (Å²) in [5, 5.41) is 5.47. The Morgan fingerprint density at radius 1 is 1.11 bits per heavy atom. The highest BCUT2D eigenvalue weighted by atomic mass is 32.1. The first-order chi connectivity index (χ1) is 13.6. The van der Waals surface area contributed by atoms with Crippen LogP contribution in [-0.2, 0) is 9.53 Å². The minimum absolute atomic E-state index is 0.00892. The molecule has 28 heavy (non-hydrogen) atoms. The van der Waals surface area contributed by atoms with Crippen molar-refractivity contribution in [1.29, 1.82) is 0 Å². The number of hydrogen-bond donors (Lipinski definition) is 1. The minimum Gasteiger partial charge on any atom is -0.450 e. The second-order valence-electron chi connectivity index (χ2n) is 6.81. The van der Waals surface area contributed by atoms with E-state index in [-0.39, 0.29) is 24.6 Å². The van der Waals surface area contributed by atoms with Crippen molar-refractivity contribution in [2.75, 3.05) is 39.3 Å². The Balaban J connectivity index is 1.57. The van der Waals surface area contributed by atoms with Crippen molar-refractivity contribution >= 4 is 23.3 Å². The molecule has 1 aliphatic rings. The zero-order valence-corrected chi connectivity index (χ0v) is 17.2. The van der Waals surface area contributed by atoms with Crippen molar-refractivity contribution in [3.05, 3.63) is 57.8 Å². The van der Waals surface area contributed by atoms with Crippen LogP contribution in [0.3, 0.4) is 0 Å². The predicted octanol–water partition coefficient (Wildman–Crippen LogP) is 3.04. The summed E-state index contributed by atoms with van der Waals surface area (Å²) in [7, 11) is 0. The largest absolute Gasteiger partial charge is 0.450 e. The van der Waals surface area contributed by atoms with E-state index in [4.69, 9.17) is 4.74 Å². The molecule has 150 valence electrons. The molecule has 1 saturated heterocycles. The molecule has 0 bridgehead atoms. The number of benzene rings is 1. The zero-order valence-electron chi connectivity index (χ0n) is 16.4. The number of amides is 2. The number of piperazine rings is 1. The van der Waals surface area contributed by atoms with Crippen molar-refractivity contribution < 1.29 is 14.3 Å².